The maximum Gasteiger partial charge on any atom is 0.346 e. The van der Waals surface area contributed by atoms with E-state index in [-0.39, 0.29) is 55.9 Å². The van der Waals surface area contributed by atoms with Crippen molar-refractivity contribution in [3.8, 4) is 0 Å². The number of ether oxygens (including phenoxy) is 3. The second-order valence-corrected chi connectivity index (χ2v) is 11.9. The van der Waals surface area contributed by atoms with Crippen molar-refractivity contribution in [1.29, 1.82) is 0 Å². The predicted octanol–water partition coefficient (Wildman–Crippen LogP) is 2.33. The Labute approximate surface area is 177 Å². The quantitative estimate of drug-likeness (QED) is 0.346. The first-order chi connectivity index (χ1) is 13.4. The smallest absolute Gasteiger partial charge is 0.346 e. The number of cyclic esters (lactones) is 2. The zero-order chi connectivity index (χ0) is 19.7. The van der Waals surface area contributed by atoms with E-state index < -0.39 is 11.9 Å². The van der Waals surface area contributed by atoms with Crippen molar-refractivity contribution in [3.63, 3.8) is 0 Å². The highest BCUT2D eigenvalue weighted by Gasteiger charge is 2.68. The third-order valence-corrected chi connectivity index (χ3v) is 12.2. The molecule has 3 aliphatic heterocycles. The number of rotatable bonds is 2. The summed E-state index contributed by atoms with van der Waals surface area (Å²) in [5.41, 5.74) is 0. The van der Waals surface area contributed by atoms with Crippen LogP contribution in [0.3, 0.4) is 0 Å². The van der Waals surface area contributed by atoms with Crippen molar-refractivity contribution in [2.75, 3.05) is 14.2 Å². The van der Waals surface area contributed by atoms with Gasteiger partial charge in [-0.25, -0.2) is 9.59 Å². The second kappa shape index (κ2) is 6.75. The molecule has 0 aromatic carbocycles. The summed E-state index contributed by atoms with van der Waals surface area (Å²) in [6, 6.07) is 0. The van der Waals surface area contributed by atoms with Crippen LogP contribution in [0.2, 0.25) is 0 Å². The fourth-order valence-electron chi connectivity index (χ4n) is 4.70. The van der Waals surface area contributed by atoms with E-state index in [9.17, 15) is 19.2 Å². The molecule has 0 N–H and O–H groups in total. The summed E-state index contributed by atoms with van der Waals surface area (Å²) in [6.07, 6.45) is 0.882. The first-order valence-corrected chi connectivity index (χ1v) is 11.9. The van der Waals surface area contributed by atoms with Gasteiger partial charge in [0.25, 0.3) is 0 Å². The van der Waals surface area contributed by atoms with Crippen LogP contribution in [0.4, 0.5) is 0 Å². The van der Waals surface area contributed by atoms with Crippen LogP contribution in [0, 0.1) is 23.7 Å². The normalized spacial score (nSPS) is 38.1. The van der Waals surface area contributed by atoms with E-state index in [2.05, 4.69) is 0 Å². The number of fused-ring (bicyclic) bond motifs is 8. The number of methoxy groups -OCH3 is 2. The number of thioether (sulfide) groups is 4. The summed E-state index contributed by atoms with van der Waals surface area (Å²) >= 11 is 5.82. The Balaban J connectivity index is 1.41. The van der Waals surface area contributed by atoms with Gasteiger partial charge >= 0.3 is 23.9 Å². The van der Waals surface area contributed by atoms with Gasteiger partial charge in [-0.3, -0.25) is 9.59 Å². The number of carbonyl (C=O) groups is 4. The lowest BCUT2D eigenvalue weighted by atomic mass is 9.80. The van der Waals surface area contributed by atoms with Crippen LogP contribution < -0.4 is 0 Å². The fourth-order valence-corrected chi connectivity index (χ4v) is 11.4. The van der Waals surface area contributed by atoms with E-state index in [1.165, 1.54) is 37.7 Å². The van der Waals surface area contributed by atoms with Gasteiger partial charge in [0.1, 0.15) is 9.81 Å². The highest BCUT2D eigenvalue weighted by molar-refractivity contribution is 8.33. The van der Waals surface area contributed by atoms with Crippen molar-refractivity contribution in [3.05, 3.63) is 18.3 Å². The van der Waals surface area contributed by atoms with Gasteiger partial charge in [0.2, 0.25) is 0 Å². The van der Waals surface area contributed by atoms with E-state index in [1.54, 1.807) is 23.5 Å². The summed E-state index contributed by atoms with van der Waals surface area (Å²) in [5, 5.41) is 0.476. The number of hydrogen-bond acceptors (Lipinski definition) is 11. The highest BCUT2D eigenvalue weighted by Crippen LogP contribution is 2.70. The van der Waals surface area contributed by atoms with E-state index in [0.29, 0.717) is 0 Å². The molecular formula is C17H14O7S4. The van der Waals surface area contributed by atoms with Crippen LogP contribution in [0.25, 0.3) is 0 Å². The second-order valence-electron chi connectivity index (χ2n) is 6.94. The van der Waals surface area contributed by atoms with Crippen molar-refractivity contribution < 1.29 is 33.4 Å². The largest absolute Gasteiger partial charge is 0.465 e. The Hall–Kier alpha value is -1.04. The van der Waals surface area contributed by atoms with Gasteiger partial charge < -0.3 is 14.2 Å². The van der Waals surface area contributed by atoms with Crippen molar-refractivity contribution in [1.82, 2.24) is 0 Å². The molecule has 5 aliphatic rings. The number of hydrogen-bond donors (Lipinski definition) is 0. The molecule has 0 spiro atoms. The number of carbonyl (C=O) groups excluding carboxylic acids is 4. The SMILES string of the molecule is COC(=O)C1=C(C(=O)OC)SC(=C2S[C@@H]3[C@@H]4C[C@H]([C@@H]3S2)[C@H]2C(=O)OC(=O)[C@@H]42)S1. The summed E-state index contributed by atoms with van der Waals surface area (Å²) in [6.45, 7) is 0. The minimum atomic E-state index is -0.565. The van der Waals surface area contributed by atoms with E-state index in [0.717, 1.165) is 14.9 Å². The molecule has 2 saturated heterocycles. The first kappa shape index (κ1) is 19.0. The molecule has 2 bridgehead atoms. The topological polar surface area (TPSA) is 96.0 Å². The molecule has 11 heteroatoms. The molecule has 3 heterocycles. The van der Waals surface area contributed by atoms with Gasteiger partial charge in [-0.2, -0.15) is 0 Å². The summed E-state index contributed by atoms with van der Waals surface area (Å²) in [5.74, 6) is -2.23. The fraction of sp³-hybridized carbons (Fsp3) is 0.529. The molecule has 2 saturated carbocycles. The Morgan fingerprint density at radius 1 is 0.857 bits per heavy atom. The molecule has 0 amide bonds. The zero-order valence-electron chi connectivity index (χ0n) is 14.7. The van der Waals surface area contributed by atoms with Crippen LogP contribution >= 0.6 is 47.0 Å². The molecule has 5 rings (SSSR count). The third kappa shape index (κ3) is 2.55. The average molecular weight is 459 g/mol. The van der Waals surface area contributed by atoms with Crippen LogP contribution in [-0.2, 0) is 33.4 Å². The summed E-state index contributed by atoms with van der Waals surface area (Å²) in [7, 11) is 2.55. The van der Waals surface area contributed by atoms with E-state index in [1.807, 2.05) is 0 Å². The molecule has 6 atom stereocenters. The van der Waals surface area contributed by atoms with Crippen LogP contribution in [-0.4, -0.2) is 48.6 Å². The van der Waals surface area contributed by atoms with E-state index in [4.69, 9.17) is 14.2 Å². The third-order valence-electron chi connectivity index (χ3n) is 5.76. The minimum Gasteiger partial charge on any atom is -0.465 e. The molecule has 4 fully saturated rings. The molecule has 28 heavy (non-hydrogen) atoms. The van der Waals surface area contributed by atoms with Gasteiger partial charge in [0, 0.05) is 10.5 Å². The molecule has 0 aromatic rings. The Bertz CT molecular complexity index is 828. The predicted molar refractivity (Wildman–Crippen MR) is 106 cm³/mol. The maximum absolute atomic E-state index is 12.1. The average Bonchev–Trinajstić information content (AvgIpc) is 3.46. The maximum atomic E-state index is 12.1. The first-order valence-electron chi connectivity index (χ1n) is 8.54. The van der Waals surface area contributed by atoms with Gasteiger partial charge in [-0.1, -0.05) is 23.5 Å². The lowest BCUT2D eigenvalue weighted by molar-refractivity contribution is -0.154. The lowest BCUT2D eigenvalue weighted by Crippen LogP contribution is -2.38. The zero-order valence-corrected chi connectivity index (χ0v) is 17.9. The molecule has 0 aromatic heterocycles. The lowest BCUT2D eigenvalue weighted by Gasteiger charge is -2.28. The number of esters is 4. The monoisotopic (exact) mass is 458 g/mol. The van der Waals surface area contributed by atoms with Crippen LogP contribution in [0.5, 0.6) is 0 Å². The van der Waals surface area contributed by atoms with Crippen molar-refractivity contribution in [2.45, 2.75) is 16.9 Å². The Morgan fingerprint density at radius 2 is 1.32 bits per heavy atom. The molecule has 148 valence electrons. The van der Waals surface area contributed by atoms with Crippen molar-refractivity contribution >= 4 is 70.9 Å². The van der Waals surface area contributed by atoms with Gasteiger partial charge in [0.05, 0.1) is 34.5 Å². The molecule has 0 radical (unpaired) electrons. The molecule has 2 aliphatic carbocycles. The summed E-state index contributed by atoms with van der Waals surface area (Å²) in [4.78, 5) is 48.8. The Kier molecular flexibility index (Phi) is 4.57. The van der Waals surface area contributed by atoms with Crippen LogP contribution in [0.1, 0.15) is 6.42 Å². The van der Waals surface area contributed by atoms with Gasteiger partial charge in [0.15, 0.2) is 0 Å². The molecule has 7 nitrogen and oxygen atoms in total. The Morgan fingerprint density at radius 3 is 1.75 bits per heavy atom. The van der Waals surface area contributed by atoms with Crippen LogP contribution in [0.15, 0.2) is 18.3 Å². The van der Waals surface area contributed by atoms with E-state index >= 15 is 0 Å². The highest BCUT2D eigenvalue weighted by atomic mass is 32.2. The van der Waals surface area contributed by atoms with Gasteiger partial charge in [-0.05, 0) is 18.3 Å². The van der Waals surface area contributed by atoms with Crippen molar-refractivity contribution in [2.24, 2.45) is 23.7 Å². The standard InChI is InChI=1S/C17H14O7S4/c1-22-14(20)10-11(15(21)23-2)28-17(27-10)16-25-8-4-3-5(9(8)26-16)7-6(4)12(18)24-13(7)19/h4-9H,3H2,1-2H3/t4-,5+,6+,7-,8-,9+. The van der Waals surface area contributed by atoms with Gasteiger partial charge in [-0.15, -0.1) is 23.5 Å². The minimum absolute atomic E-state index is 0.138. The molecular weight excluding hydrogens is 444 g/mol. The molecule has 0 unspecified atom stereocenters. The summed E-state index contributed by atoms with van der Waals surface area (Å²) < 4.78 is 16.4.